The first-order valence-electron chi connectivity index (χ1n) is 6.85. The number of aryl methyl sites for hydroxylation is 1. The van der Waals surface area contributed by atoms with E-state index < -0.39 is 5.97 Å². The second-order valence-corrected chi connectivity index (χ2v) is 4.67. The third-order valence-electron chi connectivity index (χ3n) is 3.18. The summed E-state index contributed by atoms with van der Waals surface area (Å²) in [6.07, 6.45) is 2.76. The lowest BCUT2D eigenvalue weighted by Gasteiger charge is -2.12. The lowest BCUT2D eigenvalue weighted by atomic mass is 9.95. The topological polar surface area (TPSA) is 46.5 Å². The van der Waals surface area contributed by atoms with E-state index in [1.807, 2.05) is 56.3 Å². The van der Waals surface area contributed by atoms with E-state index in [1.54, 1.807) is 6.08 Å². The molecule has 0 unspecified atom stereocenters. The van der Waals surface area contributed by atoms with Gasteiger partial charge < -0.3 is 9.84 Å². The van der Waals surface area contributed by atoms with Crippen molar-refractivity contribution in [3.63, 3.8) is 0 Å². The average Bonchev–Trinajstić information content (AvgIpc) is 2.46. The Morgan fingerprint density at radius 1 is 1.19 bits per heavy atom. The molecule has 2 rings (SSSR count). The van der Waals surface area contributed by atoms with Gasteiger partial charge in [0, 0.05) is 6.08 Å². The molecule has 0 saturated heterocycles. The molecule has 0 atom stereocenters. The fourth-order valence-corrected chi connectivity index (χ4v) is 2.21. The molecule has 0 radical (unpaired) electrons. The van der Waals surface area contributed by atoms with Crippen molar-refractivity contribution in [3.8, 4) is 16.9 Å². The lowest BCUT2D eigenvalue weighted by molar-refractivity contribution is -0.131. The highest BCUT2D eigenvalue weighted by Crippen LogP contribution is 2.31. The van der Waals surface area contributed by atoms with Crippen molar-refractivity contribution in [2.75, 3.05) is 6.61 Å². The highest BCUT2D eigenvalue weighted by atomic mass is 16.5. The smallest absolute Gasteiger partial charge is 0.328 e. The fourth-order valence-electron chi connectivity index (χ4n) is 2.21. The van der Waals surface area contributed by atoms with Crippen LogP contribution in [0.2, 0.25) is 0 Å². The number of carbonyl (C=O) groups is 1. The molecular weight excluding hydrogens is 264 g/mol. The Balaban J connectivity index is 2.56. The number of hydrogen-bond donors (Lipinski definition) is 1. The zero-order valence-corrected chi connectivity index (χ0v) is 12.2. The Bertz CT molecular complexity index is 672. The molecule has 0 bridgehead atoms. The fraction of sp³-hybridized carbons (Fsp3) is 0.167. The average molecular weight is 282 g/mol. The highest BCUT2D eigenvalue weighted by Gasteiger charge is 2.08. The maximum absolute atomic E-state index is 10.7. The minimum Gasteiger partial charge on any atom is -0.494 e. The Kier molecular flexibility index (Phi) is 4.77. The first kappa shape index (κ1) is 14.9. The summed E-state index contributed by atoms with van der Waals surface area (Å²) in [5.74, 6) is -0.178. The molecule has 0 fully saturated rings. The Labute approximate surface area is 124 Å². The van der Waals surface area contributed by atoms with Gasteiger partial charge in [-0.2, -0.15) is 0 Å². The summed E-state index contributed by atoms with van der Waals surface area (Å²) in [6.45, 7) is 4.57. The van der Waals surface area contributed by atoms with Gasteiger partial charge in [-0.25, -0.2) is 4.79 Å². The molecule has 0 aromatic heterocycles. The van der Waals surface area contributed by atoms with Gasteiger partial charge in [0.25, 0.3) is 0 Å². The molecule has 0 spiro atoms. The normalized spacial score (nSPS) is 10.8. The van der Waals surface area contributed by atoms with Crippen LogP contribution in [0.3, 0.4) is 0 Å². The molecule has 108 valence electrons. The van der Waals surface area contributed by atoms with Crippen LogP contribution in [-0.4, -0.2) is 17.7 Å². The minimum absolute atomic E-state index is 0.595. The van der Waals surface area contributed by atoms with E-state index in [0.29, 0.717) is 6.61 Å². The van der Waals surface area contributed by atoms with Crippen molar-refractivity contribution < 1.29 is 14.6 Å². The zero-order chi connectivity index (χ0) is 15.2. The van der Waals surface area contributed by atoms with Gasteiger partial charge in [-0.15, -0.1) is 0 Å². The van der Waals surface area contributed by atoms with Crippen LogP contribution in [0.25, 0.3) is 17.2 Å². The molecule has 1 N–H and O–H groups in total. The van der Waals surface area contributed by atoms with Gasteiger partial charge in [-0.05, 0) is 54.3 Å². The van der Waals surface area contributed by atoms with Gasteiger partial charge in [0.05, 0.1) is 6.61 Å². The van der Waals surface area contributed by atoms with Gasteiger partial charge >= 0.3 is 5.97 Å². The van der Waals surface area contributed by atoms with Gasteiger partial charge in [-0.1, -0.05) is 30.3 Å². The van der Waals surface area contributed by atoms with E-state index in [0.717, 1.165) is 34.1 Å². The zero-order valence-electron chi connectivity index (χ0n) is 12.2. The maximum atomic E-state index is 10.7. The largest absolute Gasteiger partial charge is 0.494 e. The van der Waals surface area contributed by atoms with Gasteiger partial charge in [0.1, 0.15) is 5.75 Å². The van der Waals surface area contributed by atoms with Crippen molar-refractivity contribution in [3.05, 3.63) is 59.7 Å². The third kappa shape index (κ3) is 3.72. The predicted octanol–water partition coefficient (Wildman–Crippen LogP) is 4.16. The van der Waals surface area contributed by atoms with Crippen LogP contribution in [0.4, 0.5) is 0 Å². The van der Waals surface area contributed by atoms with Crippen molar-refractivity contribution >= 4 is 12.0 Å². The van der Waals surface area contributed by atoms with Crippen molar-refractivity contribution in [1.29, 1.82) is 0 Å². The summed E-state index contributed by atoms with van der Waals surface area (Å²) in [6, 6.07) is 13.7. The summed E-state index contributed by atoms with van der Waals surface area (Å²) >= 11 is 0. The summed E-state index contributed by atoms with van der Waals surface area (Å²) < 4.78 is 5.55. The summed E-state index contributed by atoms with van der Waals surface area (Å²) in [7, 11) is 0. The van der Waals surface area contributed by atoms with Crippen molar-refractivity contribution in [2.24, 2.45) is 0 Å². The molecule has 0 aliphatic carbocycles. The first-order chi connectivity index (χ1) is 10.1. The summed E-state index contributed by atoms with van der Waals surface area (Å²) in [4.78, 5) is 10.7. The number of carboxylic acids is 1. The second-order valence-electron chi connectivity index (χ2n) is 4.67. The molecule has 0 heterocycles. The number of ether oxygens (including phenoxy) is 1. The molecule has 3 heteroatoms. The molecule has 0 aliphatic heterocycles. The van der Waals surface area contributed by atoms with Crippen LogP contribution >= 0.6 is 0 Å². The molecule has 3 nitrogen and oxygen atoms in total. The molecular formula is C18H18O3. The van der Waals surface area contributed by atoms with Crippen LogP contribution in [0, 0.1) is 6.92 Å². The van der Waals surface area contributed by atoms with Gasteiger partial charge in [-0.3, -0.25) is 0 Å². The minimum atomic E-state index is -0.959. The number of aliphatic carboxylic acids is 1. The molecule has 0 saturated carbocycles. The Hall–Kier alpha value is -2.55. The van der Waals surface area contributed by atoms with E-state index in [4.69, 9.17) is 9.84 Å². The van der Waals surface area contributed by atoms with Crippen LogP contribution in [-0.2, 0) is 4.79 Å². The number of benzene rings is 2. The van der Waals surface area contributed by atoms with E-state index in [-0.39, 0.29) is 0 Å². The SMILES string of the molecule is CCOc1ccc(C=CC(=O)O)c(-c2ccccc2C)c1. The second kappa shape index (κ2) is 6.75. The Morgan fingerprint density at radius 3 is 2.62 bits per heavy atom. The van der Waals surface area contributed by atoms with E-state index >= 15 is 0 Å². The molecule has 0 amide bonds. The van der Waals surface area contributed by atoms with Crippen LogP contribution in [0.15, 0.2) is 48.5 Å². The number of hydrogen-bond acceptors (Lipinski definition) is 2. The molecule has 21 heavy (non-hydrogen) atoms. The molecule has 2 aromatic carbocycles. The first-order valence-corrected chi connectivity index (χ1v) is 6.85. The van der Waals surface area contributed by atoms with E-state index in [9.17, 15) is 4.79 Å². The number of rotatable bonds is 5. The predicted molar refractivity (Wildman–Crippen MR) is 84.5 cm³/mol. The lowest BCUT2D eigenvalue weighted by Crippen LogP contribution is -1.94. The Morgan fingerprint density at radius 2 is 1.95 bits per heavy atom. The van der Waals surface area contributed by atoms with Crippen LogP contribution < -0.4 is 4.74 Å². The van der Waals surface area contributed by atoms with Gasteiger partial charge in [0.15, 0.2) is 0 Å². The summed E-state index contributed by atoms with van der Waals surface area (Å²) in [5.41, 5.74) is 4.03. The van der Waals surface area contributed by atoms with E-state index in [2.05, 4.69) is 0 Å². The summed E-state index contributed by atoms with van der Waals surface area (Å²) in [5, 5.41) is 8.82. The number of carboxylic acid groups (broad SMARTS) is 1. The maximum Gasteiger partial charge on any atom is 0.328 e. The quantitative estimate of drug-likeness (QED) is 0.838. The molecule has 0 aliphatic rings. The van der Waals surface area contributed by atoms with Crippen molar-refractivity contribution in [1.82, 2.24) is 0 Å². The van der Waals surface area contributed by atoms with Crippen LogP contribution in [0.1, 0.15) is 18.1 Å². The van der Waals surface area contributed by atoms with Crippen molar-refractivity contribution in [2.45, 2.75) is 13.8 Å². The van der Waals surface area contributed by atoms with E-state index in [1.165, 1.54) is 0 Å². The van der Waals surface area contributed by atoms with Crippen LogP contribution in [0.5, 0.6) is 5.75 Å². The third-order valence-corrected chi connectivity index (χ3v) is 3.18. The highest BCUT2D eigenvalue weighted by molar-refractivity contribution is 5.88. The van der Waals surface area contributed by atoms with Gasteiger partial charge in [0.2, 0.25) is 0 Å². The molecule has 2 aromatic rings. The monoisotopic (exact) mass is 282 g/mol. The standard InChI is InChI=1S/C18H18O3/c1-3-21-15-10-8-14(9-11-18(19)20)17(12-15)16-7-5-4-6-13(16)2/h4-12H,3H2,1-2H3,(H,19,20).